The first-order valence-electron chi connectivity index (χ1n) is 7.29. The van der Waals surface area contributed by atoms with Gasteiger partial charge in [0.1, 0.15) is 11.5 Å². The van der Waals surface area contributed by atoms with Crippen molar-refractivity contribution in [3.05, 3.63) is 36.4 Å². The Hall–Kier alpha value is -2.30. The van der Waals surface area contributed by atoms with E-state index in [4.69, 9.17) is 14.2 Å². The van der Waals surface area contributed by atoms with Gasteiger partial charge >= 0.3 is 5.97 Å². The fourth-order valence-electron chi connectivity index (χ4n) is 1.71. The molecule has 1 rings (SSSR count). The normalized spacial score (nSPS) is 9.86. The highest BCUT2D eigenvalue weighted by molar-refractivity contribution is 5.86. The predicted octanol–water partition coefficient (Wildman–Crippen LogP) is 3.28. The third-order valence-corrected chi connectivity index (χ3v) is 2.90. The van der Waals surface area contributed by atoms with Crippen molar-refractivity contribution in [1.29, 1.82) is 0 Å². The van der Waals surface area contributed by atoms with Gasteiger partial charge in [0.15, 0.2) is 0 Å². The number of rotatable bonds is 11. The van der Waals surface area contributed by atoms with E-state index in [9.17, 15) is 9.59 Å². The first kappa shape index (κ1) is 17.8. The van der Waals surface area contributed by atoms with Crippen molar-refractivity contribution in [2.75, 3.05) is 13.2 Å². The molecule has 0 bridgehead atoms. The van der Waals surface area contributed by atoms with E-state index in [0.29, 0.717) is 31.0 Å². The van der Waals surface area contributed by atoms with Crippen LogP contribution in [0.1, 0.15) is 32.6 Å². The molecular formula is C17H22O5. The van der Waals surface area contributed by atoms with Crippen molar-refractivity contribution in [3.8, 4) is 11.5 Å². The number of esters is 1. The number of carbonyl (C=O) groups is 2. The molecule has 0 aliphatic heterocycles. The average Bonchev–Trinajstić information content (AvgIpc) is 2.51. The number of hydrogen-bond donors (Lipinski definition) is 0. The summed E-state index contributed by atoms with van der Waals surface area (Å²) >= 11 is 0. The summed E-state index contributed by atoms with van der Waals surface area (Å²) in [5.74, 6) is 0.908. The van der Waals surface area contributed by atoms with E-state index >= 15 is 0 Å². The molecule has 0 saturated heterocycles. The Bertz CT molecular complexity index is 478. The lowest BCUT2D eigenvalue weighted by atomic mass is 10.2. The minimum atomic E-state index is -0.328. The smallest absolute Gasteiger partial charge is 0.333 e. The molecule has 1 aromatic rings. The van der Waals surface area contributed by atoms with Gasteiger partial charge in [0.05, 0.1) is 13.2 Å². The summed E-state index contributed by atoms with van der Waals surface area (Å²) in [6.45, 7) is 6.61. The van der Waals surface area contributed by atoms with Gasteiger partial charge in [0.2, 0.25) is 0 Å². The summed E-state index contributed by atoms with van der Waals surface area (Å²) in [7, 11) is 0. The Morgan fingerprint density at radius 3 is 2.23 bits per heavy atom. The van der Waals surface area contributed by atoms with Crippen LogP contribution < -0.4 is 9.47 Å². The molecule has 0 spiro atoms. The molecule has 0 radical (unpaired) electrons. The van der Waals surface area contributed by atoms with Gasteiger partial charge in [-0.1, -0.05) is 6.58 Å². The van der Waals surface area contributed by atoms with Gasteiger partial charge in [-0.3, -0.25) is 4.79 Å². The molecule has 0 aliphatic rings. The van der Waals surface area contributed by atoms with Gasteiger partial charge in [0.25, 0.3) is 6.47 Å². The highest BCUT2D eigenvalue weighted by Crippen LogP contribution is 2.17. The largest absolute Gasteiger partial charge is 0.494 e. The molecular weight excluding hydrogens is 284 g/mol. The molecule has 0 amide bonds. The van der Waals surface area contributed by atoms with E-state index in [2.05, 4.69) is 6.58 Å². The van der Waals surface area contributed by atoms with Gasteiger partial charge in [-0.05, 0) is 56.9 Å². The maximum absolute atomic E-state index is 11.1. The highest BCUT2D eigenvalue weighted by atomic mass is 16.5. The van der Waals surface area contributed by atoms with Gasteiger partial charge in [-0.25, -0.2) is 4.79 Å². The fraction of sp³-hybridized carbons (Fsp3) is 0.412. The summed E-state index contributed by atoms with van der Waals surface area (Å²) < 4.78 is 15.3. The highest BCUT2D eigenvalue weighted by Gasteiger charge is 2.02. The molecule has 0 fully saturated rings. The van der Waals surface area contributed by atoms with Crippen LogP contribution in [0.15, 0.2) is 36.4 Å². The Morgan fingerprint density at radius 2 is 1.64 bits per heavy atom. The lowest BCUT2D eigenvalue weighted by Gasteiger charge is -2.07. The molecule has 0 unspecified atom stereocenters. The minimum Gasteiger partial charge on any atom is -0.494 e. The number of hydrogen-bond acceptors (Lipinski definition) is 5. The van der Waals surface area contributed by atoms with Crippen molar-refractivity contribution >= 4 is 12.4 Å². The third-order valence-electron chi connectivity index (χ3n) is 2.90. The standard InChI is InChI=1S/C17H22O5/c1-14(2)17(19)21-12-6-4-3-5-11-20-15-7-9-16(10-8-15)22-13-18/h7-10,13H,1,3-6,11-12H2,2H3. The van der Waals surface area contributed by atoms with Crippen LogP contribution in [0.2, 0.25) is 0 Å². The van der Waals surface area contributed by atoms with Crippen molar-refractivity contribution in [2.45, 2.75) is 32.6 Å². The van der Waals surface area contributed by atoms with Crippen LogP contribution in [-0.4, -0.2) is 25.7 Å². The second-order valence-electron chi connectivity index (χ2n) is 4.86. The quantitative estimate of drug-likeness (QED) is 0.272. The lowest BCUT2D eigenvalue weighted by Crippen LogP contribution is -2.06. The zero-order chi connectivity index (χ0) is 16.2. The lowest BCUT2D eigenvalue weighted by molar-refractivity contribution is -0.139. The van der Waals surface area contributed by atoms with E-state index in [1.807, 2.05) is 0 Å². The molecule has 22 heavy (non-hydrogen) atoms. The molecule has 0 aliphatic carbocycles. The minimum absolute atomic E-state index is 0.328. The van der Waals surface area contributed by atoms with Crippen LogP contribution in [0.5, 0.6) is 11.5 Å². The third kappa shape index (κ3) is 7.47. The Balaban J connectivity index is 2.02. The van der Waals surface area contributed by atoms with Crippen LogP contribution in [0, 0.1) is 0 Å². The number of benzene rings is 1. The second kappa shape index (κ2) is 10.4. The summed E-state index contributed by atoms with van der Waals surface area (Å²) in [5.41, 5.74) is 0.429. The van der Waals surface area contributed by atoms with Gasteiger partial charge in [0, 0.05) is 5.57 Å². The topological polar surface area (TPSA) is 61.8 Å². The Labute approximate surface area is 130 Å². The van der Waals surface area contributed by atoms with Crippen molar-refractivity contribution in [3.63, 3.8) is 0 Å². The molecule has 0 saturated carbocycles. The van der Waals surface area contributed by atoms with E-state index < -0.39 is 0 Å². The molecule has 120 valence electrons. The first-order valence-corrected chi connectivity index (χ1v) is 7.29. The van der Waals surface area contributed by atoms with Crippen LogP contribution >= 0.6 is 0 Å². The maximum atomic E-state index is 11.1. The number of carbonyl (C=O) groups excluding carboxylic acids is 2. The van der Waals surface area contributed by atoms with E-state index in [0.717, 1.165) is 31.4 Å². The number of unbranched alkanes of at least 4 members (excludes halogenated alkanes) is 3. The van der Waals surface area contributed by atoms with Crippen LogP contribution in [0.3, 0.4) is 0 Å². The maximum Gasteiger partial charge on any atom is 0.333 e. The zero-order valence-corrected chi connectivity index (χ0v) is 12.9. The SMILES string of the molecule is C=C(C)C(=O)OCCCCCCOc1ccc(OC=O)cc1. The average molecular weight is 306 g/mol. The van der Waals surface area contributed by atoms with Crippen LogP contribution in [-0.2, 0) is 14.3 Å². The summed E-state index contributed by atoms with van der Waals surface area (Å²) in [4.78, 5) is 21.3. The fourth-order valence-corrected chi connectivity index (χ4v) is 1.71. The van der Waals surface area contributed by atoms with Crippen molar-refractivity contribution in [2.24, 2.45) is 0 Å². The molecule has 0 N–H and O–H groups in total. The summed E-state index contributed by atoms with van der Waals surface area (Å²) in [6, 6.07) is 6.88. The van der Waals surface area contributed by atoms with Crippen molar-refractivity contribution < 1.29 is 23.8 Å². The van der Waals surface area contributed by atoms with Crippen LogP contribution in [0.25, 0.3) is 0 Å². The molecule has 5 heteroatoms. The number of ether oxygens (including phenoxy) is 3. The van der Waals surface area contributed by atoms with Gasteiger partial charge < -0.3 is 14.2 Å². The van der Waals surface area contributed by atoms with Gasteiger partial charge in [-0.2, -0.15) is 0 Å². The Kier molecular flexibility index (Phi) is 8.42. The monoisotopic (exact) mass is 306 g/mol. The predicted molar refractivity (Wildman–Crippen MR) is 82.9 cm³/mol. The first-order chi connectivity index (χ1) is 10.6. The summed E-state index contributed by atoms with van der Waals surface area (Å²) in [5, 5.41) is 0. The Morgan fingerprint density at radius 1 is 1.05 bits per heavy atom. The van der Waals surface area contributed by atoms with Crippen LogP contribution in [0.4, 0.5) is 0 Å². The molecule has 0 aromatic heterocycles. The summed E-state index contributed by atoms with van der Waals surface area (Å²) in [6.07, 6.45) is 3.77. The van der Waals surface area contributed by atoms with Crippen molar-refractivity contribution in [1.82, 2.24) is 0 Å². The van der Waals surface area contributed by atoms with Gasteiger partial charge in [-0.15, -0.1) is 0 Å². The molecule has 1 aromatic carbocycles. The van der Waals surface area contributed by atoms with E-state index in [-0.39, 0.29) is 5.97 Å². The second-order valence-corrected chi connectivity index (χ2v) is 4.86. The molecule has 5 nitrogen and oxygen atoms in total. The van der Waals surface area contributed by atoms with E-state index in [1.165, 1.54) is 0 Å². The van der Waals surface area contributed by atoms with E-state index in [1.54, 1.807) is 31.2 Å². The molecule has 0 atom stereocenters. The molecule has 0 heterocycles. The zero-order valence-electron chi connectivity index (χ0n) is 12.9.